The van der Waals surface area contributed by atoms with Gasteiger partial charge in [0.2, 0.25) is 15.9 Å². The van der Waals surface area contributed by atoms with Gasteiger partial charge >= 0.3 is 6.03 Å². The van der Waals surface area contributed by atoms with Gasteiger partial charge in [0.15, 0.2) is 0 Å². The molecule has 0 unspecified atom stereocenters. The Kier molecular flexibility index (Phi) is 8.38. The van der Waals surface area contributed by atoms with E-state index in [0.717, 1.165) is 11.3 Å². The number of hydrogen-bond donors (Lipinski definition) is 2. The van der Waals surface area contributed by atoms with Gasteiger partial charge in [0, 0.05) is 18.8 Å². The summed E-state index contributed by atoms with van der Waals surface area (Å²) in [6.45, 7) is 5.53. The Morgan fingerprint density at radius 2 is 1.69 bits per heavy atom. The molecule has 210 valence electrons. The van der Waals surface area contributed by atoms with Gasteiger partial charge in [-0.05, 0) is 62.2 Å². The molecule has 3 atom stereocenters. The zero-order valence-electron chi connectivity index (χ0n) is 22.1. The van der Waals surface area contributed by atoms with Crippen LogP contribution >= 0.6 is 0 Å². The Balaban J connectivity index is 1.45. The molecule has 4 amide bonds. The molecule has 0 spiro atoms. The van der Waals surface area contributed by atoms with Crippen LogP contribution in [0.15, 0.2) is 53.4 Å². The number of imide groups is 1. The van der Waals surface area contributed by atoms with E-state index < -0.39 is 45.8 Å². The fourth-order valence-corrected chi connectivity index (χ4v) is 6.58. The highest BCUT2D eigenvalue weighted by Gasteiger charge is 2.52. The summed E-state index contributed by atoms with van der Waals surface area (Å²) in [4.78, 5) is 40.0. The maximum Gasteiger partial charge on any atom is 0.325 e. The number of urea groups is 1. The first-order chi connectivity index (χ1) is 18.5. The Hall–Kier alpha value is -3.35. The van der Waals surface area contributed by atoms with E-state index in [1.165, 1.54) is 52.8 Å². The van der Waals surface area contributed by atoms with E-state index in [0.29, 0.717) is 24.1 Å². The number of nitrogens with one attached hydrogen (secondary N) is 2. The van der Waals surface area contributed by atoms with Crippen LogP contribution in [0.4, 0.5) is 14.9 Å². The van der Waals surface area contributed by atoms with E-state index in [-0.39, 0.29) is 30.2 Å². The Labute approximate surface area is 227 Å². The number of ether oxygens (including phenoxy) is 1. The molecule has 2 fully saturated rings. The molecule has 2 saturated heterocycles. The molecule has 2 aliphatic rings. The lowest BCUT2D eigenvalue weighted by molar-refractivity contribution is -0.134. The van der Waals surface area contributed by atoms with Crippen LogP contribution in [0.3, 0.4) is 0 Å². The number of unbranched alkanes of at least 4 members (excludes halogenated alkanes) is 1. The third-order valence-corrected chi connectivity index (χ3v) is 8.73. The lowest BCUT2D eigenvalue weighted by atomic mass is 9.85. The van der Waals surface area contributed by atoms with E-state index in [1.54, 1.807) is 0 Å². The van der Waals surface area contributed by atoms with Crippen LogP contribution < -0.4 is 10.6 Å². The van der Waals surface area contributed by atoms with Gasteiger partial charge in [0.05, 0.1) is 17.1 Å². The van der Waals surface area contributed by atoms with Crippen LogP contribution in [0.5, 0.6) is 0 Å². The molecule has 0 radical (unpaired) electrons. The number of morpholine rings is 1. The predicted octanol–water partition coefficient (Wildman–Crippen LogP) is 3.20. The molecule has 2 heterocycles. The molecule has 2 aromatic rings. The van der Waals surface area contributed by atoms with Gasteiger partial charge in [0.1, 0.15) is 17.9 Å². The fraction of sp³-hybridized carbons (Fsp3) is 0.444. The van der Waals surface area contributed by atoms with Crippen LogP contribution in [-0.2, 0) is 29.9 Å². The summed E-state index contributed by atoms with van der Waals surface area (Å²) in [5, 5.41) is 5.33. The standard InChI is InChI=1S/C27H33FN4O6S/c1-4-5-14-27(20-6-8-21(28)9-7-20)25(34)32(26(35)30-27)17-24(33)29-22-10-12-23(13-11-22)39(36,37)31-15-18(2)38-19(3)16-31/h6-13,18-19H,4-5,14-17H2,1-3H3,(H,29,33)(H,30,35)/t18-,19+,27-/m1/s1. The lowest BCUT2D eigenvalue weighted by Gasteiger charge is -2.34. The number of rotatable bonds is 9. The lowest BCUT2D eigenvalue weighted by Crippen LogP contribution is -2.48. The van der Waals surface area contributed by atoms with E-state index in [2.05, 4.69) is 10.6 Å². The van der Waals surface area contributed by atoms with Crippen LogP contribution in [0, 0.1) is 5.82 Å². The average molecular weight is 561 g/mol. The molecule has 0 saturated carbocycles. The largest absolute Gasteiger partial charge is 0.373 e. The van der Waals surface area contributed by atoms with Gasteiger partial charge in [-0.2, -0.15) is 4.31 Å². The molecule has 2 N–H and O–H groups in total. The maximum atomic E-state index is 13.5. The van der Waals surface area contributed by atoms with Crippen LogP contribution in [-0.4, -0.2) is 67.3 Å². The highest BCUT2D eigenvalue weighted by Crippen LogP contribution is 2.34. The second-order valence-corrected chi connectivity index (χ2v) is 11.9. The Bertz CT molecular complexity index is 1330. The zero-order chi connectivity index (χ0) is 28.4. The van der Waals surface area contributed by atoms with E-state index in [4.69, 9.17) is 4.74 Å². The molecular formula is C27H33FN4O6S. The van der Waals surface area contributed by atoms with Crippen LogP contribution in [0.25, 0.3) is 0 Å². The molecule has 2 aliphatic heterocycles. The molecule has 4 rings (SSSR count). The molecular weight excluding hydrogens is 527 g/mol. The first kappa shape index (κ1) is 28.7. The monoisotopic (exact) mass is 560 g/mol. The van der Waals surface area contributed by atoms with Crippen LogP contribution in [0.1, 0.15) is 45.6 Å². The topological polar surface area (TPSA) is 125 Å². The maximum absolute atomic E-state index is 13.5. The fourth-order valence-electron chi connectivity index (χ4n) is 4.99. The van der Waals surface area contributed by atoms with Crippen molar-refractivity contribution >= 4 is 33.6 Å². The number of benzene rings is 2. The van der Waals surface area contributed by atoms with Crippen molar-refractivity contribution in [2.45, 2.75) is 62.7 Å². The number of halogens is 1. The van der Waals surface area contributed by atoms with Crippen molar-refractivity contribution in [3.05, 3.63) is 59.9 Å². The van der Waals surface area contributed by atoms with E-state index >= 15 is 0 Å². The van der Waals surface area contributed by atoms with Gasteiger partial charge in [-0.1, -0.05) is 31.9 Å². The highest BCUT2D eigenvalue weighted by atomic mass is 32.2. The summed E-state index contributed by atoms with van der Waals surface area (Å²) < 4.78 is 46.6. The molecule has 0 aromatic heterocycles. The van der Waals surface area contributed by atoms with E-state index in [1.807, 2.05) is 20.8 Å². The van der Waals surface area contributed by atoms with Gasteiger partial charge in [-0.15, -0.1) is 0 Å². The zero-order valence-corrected chi connectivity index (χ0v) is 23.0. The predicted molar refractivity (Wildman–Crippen MR) is 142 cm³/mol. The van der Waals surface area contributed by atoms with Crippen molar-refractivity contribution in [2.75, 3.05) is 25.0 Å². The third-order valence-electron chi connectivity index (χ3n) is 6.88. The number of amides is 4. The van der Waals surface area contributed by atoms with Gasteiger partial charge in [-0.3, -0.25) is 14.5 Å². The molecule has 39 heavy (non-hydrogen) atoms. The van der Waals surface area contributed by atoms with Crippen molar-refractivity contribution in [3.8, 4) is 0 Å². The molecule has 10 nitrogen and oxygen atoms in total. The van der Waals surface area contributed by atoms with Crippen molar-refractivity contribution in [1.29, 1.82) is 0 Å². The molecule has 0 bridgehead atoms. The minimum absolute atomic E-state index is 0.0795. The summed E-state index contributed by atoms with van der Waals surface area (Å²) in [6.07, 6.45) is 1.24. The van der Waals surface area contributed by atoms with Crippen molar-refractivity contribution < 1.29 is 31.9 Å². The van der Waals surface area contributed by atoms with Crippen LogP contribution in [0.2, 0.25) is 0 Å². The molecule has 0 aliphatic carbocycles. The van der Waals surface area contributed by atoms with Crippen molar-refractivity contribution in [1.82, 2.24) is 14.5 Å². The van der Waals surface area contributed by atoms with Crippen molar-refractivity contribution in [2.24, 2.45) is 0 Å². The third kappa shape index (κ3) is 5.97. The van der Waals surface area contributed by atoms with E-state index in [9.17, 15) is 27.2 Å². The highest BCUT2D eigenvalue weighted by molar-refractivity contribution is 7.89. The number of anilines is 1. The normalized spacial score (nSPS) is 24.1. The minimum atomic E-state index is -3.74. The minimum Gasteiger partial charge on any atom is -0.373 e. The summed E-state index contributed by atoms with van der Waals surface area (Å²) in [6, 6.07) is 10.3. The molecule has 2 aromatic carbocycles. The van der Waals surface area contributed by atoms with Crippen molar-refractivity contribution in [3.63, 3.8) is 0 Å². The Morgan fingerprint density at radius 3 is 2.28 bits per heavy atom. The quantitative estimate of drug-likeness (QED) is 0.454. The van der Waals surface area contributed by atoms with Gasteiger partial charge < -0.3 is 15.4 Å². The smallest absolute Gasteiger partial charge is 0.325 e. The van der Waals surface area contributed by atoms with Gasteiger partial charge in [0.25, 0.3) is 5.91 Å². The SMILES string of the molecule is CCCC[C@]1(c2ccc(F)cc2)NC(=O)N(CC(=O)Nc2ccc(S(=O)(=O)N3C[C@@H](C)O[C@@H](C)C3)cc2)C1=O. The summed E-state index contributed by atoms with van der Waals surface area (Å²) in [5.74, 6) is -1.68. The number of hydrogen-bond acceptors (Lipinski definition) is 6. The first-order valence-electron chi connectivity index (χ1n) is 12.9. The van der Waals surface area contributed by atoms with Gasteiger partial charge in [-0.25, -0.2) is 17.6 Å². The summed E-state index contributed by atoms with van der Waals surface area (Å²) in [7, 11) is -3.74. The number of carbonyl (C=O) groups is 3. The average Bonchev–Trinajstić information content (AvgIpc) is 3.12. The first-order valence-corrected chi connectivity index (χ1v) is 14.4. The number of sulfonamides is 1. The number of nitrogens with zero attached hydrogens (tertiary/aromatic N) is 2. The second-order valence-electron chi connectivity index (χ2n) is 9.99. The Morgan fingerprint density at radius 1 is 1.08 bits per heavy atom. The number of carbonyl (C=O) groups excluding carboxylic acids is 3. The summed E-state index contributed by atoms with van der Waals surface area (Å²) in [5.41, 5.74) is -0.629. The summed E-state index contributed by atoms with van der Waals surface area (Å²) >= 11 is 0. The second kappa shape index (κ2) is 11.4. The molecule has 12 heteroatoms.